The summed E-state index contributed by atoms with van der Waals surface area (Å²) in [6.07, 6.45) is 0. The Morgan fingerprint density at radius 3 is 2.83 bits per heavy atom. The van der Waals surface area contributed by atoms with Crippen LogP contribution in [0.3, 0.4) is 0 Å². The third kappa shape index (κ3) is 3.27. The van der Waals surface area contributed by atoms with Crippen LogP contribution in [-0.4, -0.2) is 19.1 Å². The number of nitrogens with one attached hydrogen (secondary N) is 1. The molecule has 4 nitrogen and oxygen atoms in total. The molecule has 0 atom stereocenters. The molecule has 0 aromatic heterocycles. The molecular formula is C18H18ClNO3. The smallest absolute Gasteiger partial charge is 0.251 e. The van der Waals surface area contributed by atoms with Crippen molar-refractivity contribution < 1.29 is 14.3 Å². The number of fused-ring (bicyclic) bond motifs is 1. The third-order valence-electron chi connectivity index (χ3n) is 3.96. The summed E-state index contributed by atoms with van der Waals surface area (Å²) in [5, 5.41) is 3.42. The summed E-state index contributed by atoms with van der Waals surface area (Å²) in [6.45, 7) is 5.32. The van der Waals surface area contributed by atoms with Crippen molar-refractivity contribution in [2.24, 2.45) is 0 Å². The summed E-state index contributed by atoms with van der Waals surface area (Å²) in [7, 11) is 0. The summed E-state index contributed by atoms with van der Waals surface area (Å²) in [6, 6.07) is 9.35. The highest BCUT2D eigenvalue weighted by molar-refractivity contribution is 6.32. The van der Waals surface area contributed by atoms with Crippen molar-refractivity contribution in [3.8, 4) is 11.5 Å². The van der Waals surface area contributed by atoms with Crippen molar-refractivity contribution in [3.63, 3.8) is 0 Å². The second-order valence-electron chi connectivity index (χ2n) is 5.53. The number of hydrogen-bond acceptors (Lipinski definition) is 3. The number of carbonyl (C=O) groups excluding carboxylic acids is 1. The first kappa shape index (κ1) is 15.7. The zero-order valence-electron chi connectivity index (χ0n) is 13.1. The van der Waals surface area contributed by atoms with E-state index in [0.29, 0.717) is 41.8 Å². The van der Waals surface area contributed by atoms with Crippen LogP contribution in [0.4, 0.5) is 0 Å². The zero-order chi connectivity index (χ0) is 16.4. The van der Waals surface area contributed by atoms with E-state index in [1.165, 1.54) is 0 Å². The number of amides is 1. The number of benzene rings is 2. The quantitative estimate of drug-likeness (QED) is 0.933. The maximum absolute atomic E-state index is 12.4. The van der Waals surface area contributed by atoms with E-state index < -0.39 is 0 Å². The Bertz CT molecular complexity index is 758. The summed E-state index contributed by atoms with van der Waals surface area (Å²) < 4.78 is 11.0. The summed E-state index contributed by atoms with van der Waals surface area (Å²) in [5.74, 6) is 1.10. The van der Waals surface area contributed by atoms with E-state index in [9.17, 15) is 4.79 Å². The Labute approximate surface area is 140 Å². The number of rotatable bonds is 3. The number of carbonyl (C=O) groups is 1. The first-order chi connectivity index (χ1) is 11.1. The van der Waals surface area contributed by atoms with Gasteiger partial charge in [0, 0.05) is 12.1 Å². The molecule has 0 unspecified atom stereocenters. The van der Waals surface area contributed by atoms with Crippen LogP contribution in [0.25, 0.3) is 0 Å². The summed E-state index contributed by atoms with van der Waals surface area (Å²) in [4.78, 5) is 12.4. The molecule has 120 valence electrons. The molecule has 0 spiro atoms. The van der Waals surface area contributed by atoms with E-state index in [4.69, 9.17) is 21.1 Å². The largest absolute Gasteiger partial charge is 0.486 e. The fraction of sp³-hybridized carbons (Fsp3) is 0.278. The van der Waals surface area contributed by atoms with Gasteiger partial charge in [0.15, 0.2) is 11.5 Å². The number of ether oxygens (including phenoxy) is 2. The first-order valence-corrected chi connectivity index (χ1v) is 7.86. The van der Waals surface area contributed by atoms with E-state index in [2.05, 4.69) is 5.32 Å². The number of aryl methyl sites for hydroxylation is 1. The molecule has 0 fully saturated rings. The Kier molecular flexibility index (Phi) is 4.44. The number of hydrogen-bond donors (Lipinski definition) is 1. The Morgan fingerprint density at radius 1 is 1.22 bits per heavy atom. The van der Waals surface area contributed by atoms with E-state index in [0.717, 1.165) is 16.7 Å². The standard InChI is InChI=1S/C18H18ClNO3/c1-11-4-3-5-14(12(11)2)18(21)20-10-13-8-15(19)17-16(9-13)22-6-7-23-17/h3-5,8-9H,6-7,10H2,1-2H3,(H,20,21). The molecular weight excluding hydrogens is 314 g/mol. The van der Waals surface area contributed by atoms with Gasteiger partial charge in [-0.3, -0.25) is 4.79 Å². The average molecular weight is 332 g/mol. The van der Waals surface area contributed by atoms with Crippen LogP contribution in [0.2, 0.25) is 5.02 Å². The van der Waals surface area contributed by atoms with Crippen molar-refractivity contribution in [2.75, 3.05) is 13.2 Å². The SMILES string of the molecule is Cc1cccc(C(=O)NCc2cc(Cl)c3c(c2)OCCO3)c1C. The van der Waals surface area contributed by atoms with Gasteiger partial charge in [0.05, 0.1) is 5.02 Å². The fourth-order valence-electron chi connectivity index (χ4n) is 2.54. The molecule has 23 heavy (non-hydrogen) atoms. The normalized spacial score (nSPS) is 12.8. The zero-order valence-corrected chi connectivity index (χ0v) is 13.9. The molecule has 0 saturated carbocycles. The van der Waals surface area contributed by atoms with Crippen molar-refractivity contribution in [1.29, 1.82) is 0 Å². The Morgan fingerprint density at radius 2 is 2.00 bits per heavy atom. The minimum atomic E-state index is -0.0998. The fourth-order valence-corrected chi connectivity index (χ4v) is 2.83. The lowest BCUT2D eigenvalue weighted by atomic mass is 10.0. The minimum Gasteiger partial charge on any atom is -0.486 e. The van der Waals surface area contributed by atoms with Crippen LogP contribution in [0.1, 0.15) is 27.0 Å². The highest BCUT2D eigenvalue weighted by Crippen LogP contribution is 2.38. The molecule has 1 heterocycles. The van der Waals surface area contributed by atoms with Gasteiger partial charge in [-0.2, -0.15) is 0 Å². The predicted octanol–water partition coefficient (Wildman–Crippen LogP) is 3.66. The van der Waals surface area contributed by atoms with Crippen molar-refractivity contribution in [3.05, 3.63) is 57.6 Å². The molecule has 1 amide bonds. The second-order valence-corrected chi connectivity index (χ2v) is 5.94. The van der Waals surface area contributed by atoms with Crippen molar-refractivity contribution in [1.82, 2.24) is 5.32 Å². The van der Waals surface area contributed by atoms with Gasteiger partial charge >= 0.3 is 0 Å². The van der Waals surface area contributed by atoms with Gasteiger partial charge in [0.25, 0.3) is 5.91 Å². The lowest BCUT2D eigenvalue weighted by Gasteiger charge is -2.20. The molecule has 3 rings (SSSR count). The second kappa shape index (κ2) is 6.50. The topological polar surface area (TPSA) is 47.6 Å². The van der Waals surface area contributed by atoms with Gasteiger partial charge in [0.1, 0.15) is 13.2 Å². The summed E-state index contributed by atoms with van der Waals surface area (Å²) >= 11 is 6.21. The molecule has 2 aromatic carbocycles. The molecule has 5 heteroatoms. The molecule has 2 aromatic rings. The van der Waals surface area contributed by atoms with E-state index >= 15 is 0 Å². The highest BCUT2D eigenvalue weighted by atomic mass is 35.5. The van der Waals surface area contributed by atoms with Gasteiger partial charge in [-0.1, -0.05) is 23.7 Å². The molecule has 0 bridgehead atoms. The lowest BCUT2D eigenvalue weighted by Crippen LogP contribution is -2.24. The Balaban J connectivity index is 1.74. The Hall–Kier alpha value is -2.20. The van der Waals surface area contributed by atoms with Crippen molar-refractivity contribution in [2.45, 2.75) is 20.4 Å². The maximum Gasteiger partial charge on any atom is 0.251 e. The highest BCUT2D eigenvalue weighted by Gasteiger charge is 2.17. The molecule has 0 aliphatic carbocycles. The molecule has 1 aliphatic heterocycles. The van der Waals surface area contributed by atoms with Crippen LogP contribution in [0, 0.1) is 13.8 Å². The van der Waals surface area contributed by atoms with Crippen LogP contribution >= 0.6 is 11.6 Å². The van der Waals surface area contributed by atoms with Gasteiger partial charge in [-0.05, 0) is 48.7 Å². The van der Waals surface area contributed by atoms with Crippen LogP contribution < -0.4 is 14.8 Å². The van der Waals surface area contributed by atoms with Crippen LogP contribution in [0.15, 0.2) is 30.3 Å². The van der Waals surface area contributed by atoms with Gasteiger partial charge in [-0.15, -0.1) is 0 Å². The van der Waals surface area contributed by atoms with Crippen molar-refractivity contribution >= 4 is 17.5 Å². The van der Waals surface area contributed by atoms with Gasteiger partial charge in [0.2, 0.25) is 0 Å². The number of halogens is 1. The summed E-state index contributed by atoms with van der Waals surface area (Å²) in [5.41, 5.74) is 3.65. The minimum absolute atomic E-state index is 0.0998. The predicted molar refractivity (Wildman–Crippen MR) is 89.5 cm³/mol. The molecule has 0 saturated heterocycles. The van der Waals surface area contributed by atoms with Gasteiger partial charge in [-0.25, -0.2) is 0 Å². The van der Waals surface area contributed by atoms with E-state index in [1.807, 2.05) is 38.1 Å². The third-order valence-corrected chi connectivity index (χ3v) is 4.24. The average Bonchev–Trinajstić information content (AvgIpc) is 2.55. The lowest BCUT2D eigenvalue weighted by molar-refractivity contribution is 0.0950. The van der Waals surface area contributed by atoms with E-state index in [1.54, 1.807) is 6.07 Å². The van der Waals surface area contributed by atoms with Gasteiger partial charge < -0.3 is 14.8 Å². The molecule has 1 N–H and O–H groups in total. The monoisotopic (exact) mass is 331 g/mol. The van der Waals surface area contributed by atoms with Crippen LogP contribution in [-0.2, 0) is 6.54 Å². The molecule has 0 radical (unpaired) electrons. The van der Waals surface area contributed by atoms with Crippen LogP contribution in [0.5, 0.6) is 11.5 Å². The maximum atomic E-state index is 12.4. The van der Waals surface area contributed by atoms with E-state index in [-0.39, 0.29) is 5.91 Å². The molecule has 1 aliphatic rings. The first-order valence-electron chi connectivity index (χ1n) is 7.48.